The summed E-state index contributed by atoms with van der Waals surface area (Å²) in [5.74, 6) is 0.782. The van der Waals surface area contributed by atoms with E-state index in [1.165, 1.54) is 5.56 Å². The number of hydrogen-bond donors (Lipinski definition) is 0. The van der Waals surface area contributed by atoms with Gasteiger partial charge in [-0.2, -0.15) is 5.10 Å². The lowest BCUT2D eigenvalue weighted by atomic mass is 10.0. The predicted molar refractivity (Wildman–Crippen MR) is 90.6 cm³/mol. The zero-order valence-electron chi connectivity index (χ0n) is 13.8. The number of aromatic nitrogens is 6. The maximum Gasteiger partial charge on any atom is 0.225 e. The average Bonchev–Trinajstić information content (AvgIpc) is 2.90. The summed E-state index contributed by atoms with van der Waals surface area (Å²) < 4.78 is 1.80. The Morgan fingerprint density at radius 1 is 0.958 bits per heavy atom. The number of fused-ring (bicyclic) bond motifs is 1. The van der Waals surface area contributed by atoms with Crippen LogP contribution in [0.2, 0.25) is 0 Å². The van der Waals surface area contributed by atoms with Crippen molar-refractivity contribution < 1.29 is 0 Å². The van der Waals surface area contributed by atoms with Gasteiger partial charge in [0.2, 0.25) is 5.95 Å². The zero-order valence-corrected chi connectivity index (χ0v) is 13.8. The fraction of sp³-hybridized carbons (Fsp3) is 0.353. The van der Waals surface area contributed by atoms with Crippen LogP contribution in [0.15, 0.2) is 31.1 Å². The number of nitrogens with zero attached hydrogens (tertiary/aromatic N) is 7. The molecule has 0 aliphatic carbocycles. The Kier molecular flexibility index (Phi) is 3.68. The highest BCUT2D eigenvalue weighted by molar-refractivity contribution is 5.62. The molecule has 7 heteroatoms. The van der Waals surface area contributed by atoms with Gasteiger partial charge in [-0.3, -0.25) is 4.68 Å². The molecule has 3 aromatic rings. The summed E-state index contributed by atoms with van der Waals surface area (Å²) in [7, 11) is 1.92. The minimum absolute atomic E-state index is 0.782. The molecule has 0 spiro atoms. The normalized spacial score (nSPS) is 14.3. The van der Waals surface area contributed by atoms with E-state index in [2.05, 4.69) is 29.9 Å². The fourth-order valence-electron chi connectivity index (χ4n) is 3.07. The van der Waals surface area contributed by atoms with Crippen molar-refractivity contribution in [3.8, 4) is 11.3 Å². The first-order valence-electron chi connectivity index (χ1n) is 8.06. The lowest BCUT2D eigenvalue weighted by Crippen LogP contribution is -2.27. The SMILES string of the molecule is Cc1cnc(N2CCc3ncnc(-c4cnn(C)c4)c3CC2)nc1. The van der Waals surface area contributed by atoms with Crippen molar-refractivity contribution in [3.63, 3.8) is 0 Å². The molecule has 0 bridgehead atoms. The molecule has 0 radical (unpaired) electrons. The number of anilines is 1. The van der Waals surface area contributed by atoms with Crippen molar-refractivity contribution in [3.05, 3.63) is 47.9 Å². The zero-order chi connectivity index (χ0) is 16.5. The molecule has 0 aromatic carbocycles. The van der Waals surface area contributed by atoms with Crippen LogP contribution in [0.5, 0.6) is 0 Å². The van der Waals surface area contributed by atoms with Crippen molar-refractivity contribution in [2.45, 2.75) is 19.8 Å². The van der Waals surface area contributed by atoms with E-state index in [1.54, 1.807) is 11.0 Å². The number of aryl methyl sites for hydroxylation is 2. The molecule has 1 aliphatic rings. The molecule has 0 atom stereocenters. The Bertz CT molecular complexity index is 854. The molecule has 4 rings (SSSR count). The van der Waals surface area contributed by atoms with Gasteiger partial charge in [0.05, 0.1) is 11.9 Å². The molecular formula is C17H19N7. The maximum atomic E-state index is 4.51. The quantitative estimate of drug-likeness (QED) is 0.713. The van der Waals surface area contributed by atoms with Gasteiger partial charge in [-0.15, -0.1) is 0 Å². The lowest BCUT2D eigenvalue weighted by molar-refractivity contribution is 0.767. The second kappa shape index (κ2) is 5.99. The minimum Gasteiger partial charge on any atom is -0.340 e. The van der Waals surface area contributed by atoms with E-state index >= 15 is 0 Å². The van der Waals surface area contributed by atoms with Crippen molar-refractivity contribution in [1.29, 1.82) is 0 Å². The molecule has 3 aromatic heterocycles. The molecule has 4 heterocycles. The van der Waals surface area contributed by atoms with Crippen LogP contribution in [0.25, 0.3) is 11.3 Å². The maximum absolute atomic E-state index is 4.51. The predicted octanol–water partition coefficient (Wildman–Crippen LogP) is 1.58. The van der Waals surface area contributed by atoms with Crippen molar-refractivity contribution in [2.24, 2.45) is 7.05 Å². The van der Waals surface area contributed by atoms with Crippen molar-refractivity contribution in [1.82, 2.24) is 29.7 Å². The van der Waals surface area contributed by atoms with Crippen LogP contribution in [0.3, 0.4) is 0 Å². The summed E-state index contributed by atoms with van der Waals surface area (Å²) in [5.41, 5.74) is 5.41. The Labute approximate surface area is 140 Å². The van der Waals surface area contributed by atoms with Gasteiger partial charge in [0.25, 0.3) is 0 Å². The second-order valence-electron chi connectivity index (χ2n) is 6.10. The van der Waals surface area contributed by atoms with Gasteiger partial charge in [0, 0.05) is 62.0 Å². The average molecular weight is 321 g/mol. The van der Waals surface area contributed by atoms with Gasteiger partial charge in [0.1, 0.15) is 6.33 Å². The van der Waals surface area contributed by atoms with E-state index in [0.717, 1.165) is 54.4 Å². The Hall–Kier alpha value is -2.83. The van der Waals surface area contributed by atoms with Crippen molar-refractivity contribution >= 4 is 5.95 Å². The summed E-state index contributed by atoms with van der Waals surface area (Å²) in [6.45, 7) is 3.72. The third-order valence-electron chi connectivity index (χ3n) is 4.31. The van der Waals surface area contributed by atoms with Gasteiger partial charge in [-0.25, -0.2) is 19.9 Å². The highest BCUT2D eigenvalue weighted by Gasteiger charge is 2.21. The molecule has 1 aliphatic heterocycles. The number of hydrogen-bond acceptors (Lipinski definition) is 6. The molecule has 24 heavy (non-hydrogen) atoms. The van der Waals surface area contributed by atoms with Gasteiger partial charge in [-0.05, 0) is 18.9 Å². The Morgan fingerprint density at radius 2 is 1.75 bits per heavy atom. The van der Waals surface area contributed by atoms with Gasteiger partial charge in [0.15, 0.2) is 0 Å². The molecule has 0 saturated heterocycles. The van der Waals surface area contributed by atoms with Crippen LogP contribution < -0.4 is 4.90 Å². The van der Waals surface area contributed by atoms with Crippen LogP contribution in [0.4, 0.5) is 5.95 Å². The highest BCUT2D eigenvalue weighted by atomic mass is 15.2. The Balaban J connectivity index is 1.64. The first kappa shape index (κ1) is 14.7. The summed E-state index contributed by atoms with van der Waals surface area (Å²) in [6, 6.07) is 0. The summed E-state index contributed by atoms with van der Waals surface area (Å²) in [6.07, 6.45) is 11.0. The molecule has 0 saturated carbocycles. The van der Waals surface area contributed by atoms with E-state index in [0.29, 0.717) is 0 Å². The molecule has 122 valence electrons. The molecular weight excluding hydrogens is 302 g/mol. The van der Waals surface area contributed by atoms with Gasteiger partial charge >= 0.3 is 0 Å². The molecule has 0 N–H and O–H groups in total. The smallest absolute Gasteiger partial charge is 0.225 e. The van der Waals surface area contributed by atoms with Crippen LogP contribution >= 0.6 is 0 Å². The topological polar surface area (TPSA) is 72.6 Å². The Morgan fingerprint density at radius 3 is 2.50 bits per heavy atom. The second-order valence-corrected chi connectivity index (χ2v) is 6.10. The van der Waals surface area contributed by atoms with Crippen molar-refractivity contribution in [2.75, 3.05) is 18.0 Å². The minimum atomic E-state index is 0.782. The first-order chi connectivity index (χ1) is 11.7. The van der Waals surface area contributed by atoms with Crippen LogP contribution in [-0.4, -0.2) is 42.8 Å². The summed E-state index contributed by atoms with van der Waals surface area (Å²) >= 11 is 0. The van der Waals surface area contributed by atoms with Crippen LogP contribution in [0, 0.1) is 6.92 Å². The first-order valence-corrected chi connectivity index (χ1v) is 8.06. The molecule has 7 nitrogen and oxygen atoms in total. The van der Waals surface area contributed by atoms with Gasteiger partial charge in [-0.1, -0.05) is 0 Å². The van der Waals surface area contributed by atoms with E-state index < -0.39 is 0 Å². The molecule has 0 unspecified atom stereocenters. The summed E-state index contributed by atoms with van der Waals surface area (Å²) in [4.78, 5) is 20.1. The third kappa shape index (κ3) is 2.73. The monoisotopic (exact) mass is 321 g/mol. The molecule has 0 amide bonds. The van der Waals surface area contributed by atoms with E-state index in [4.69, 9.17) is 0 Å². The standard InChI is InChI=1S/C17H19N7/c1-12-7-18-17(19-8-12)24-5-3-14-15(4-6-24)20-11-21-16(14)13-9-22-23(2)10-13/h7-11H,3-6H2,1-2H3. The highest BCUT2D eigenvalue weighted by Crippen LogP contribution is 2.26. The van der Waals surface area contributed by atoms with Crippen LogP contribution in [0.1, 0.15) is 16.8 Å². The van der Waals surface area contributed by atoms with E-state index in [-0.39, 0.29) is 0 Å². The fourth-order valence-corrected chi connectivity index (χ4v) is 3.07. The van der Waals surface area contributed by atoms with Gasteiger partial charge < -0.3 is 4.90 Å². The lowest BCUT2D eigenvalue weighted by Gasteiger charge is -2.19. The number of rotatable bonds is 2. The third-order valence-corrected chi connectivity index (χ3v) is 4.31. The van der Waals surface area contributed by atoms with E-state index in [9.17, 15) is 0 Å². The molecule has 0 fully saturated rings. The van der Waals surface area contributed by atoms with Crippen LogP contribution in [-0.2, 0) is 19.9 Å². The van der Waals surface area contributed by atoms with E-state index in [1.807, 2.05) is 38.8 Å². The summed E-state index contributed by atoms with van der Waals surface area (Å²) in [5, 5.41) is 4.26. The largest absolute Gasteiger partial charge is 0.340 e.